The van der Waals surface area contributed by atoms with Crippen molar-refractivity contribution >= 4 is 0 Å². The van der Waals surface area contributed by atoms with Gasteiger partial charge in [-0.05, 0) is 24.1 Å². The Balaban J connectivity index is 2.67. The van der Waals surface area contributed by atoms with Gasteiger partial charge in [0.2, 0.25) is 0 Å². The van der Waals surface area contributed by atoms with Gasteiger partial charge in [-0.15, -0.1) is 12.3 Å². The lowest BCUT2D eigenvalue weighted by Crippen LogP contribution is -1.86. The van der Waals surface area contributed by atoms with Gasteiger partial charge >= 0.3 is 0 Å². The summed E-state index contributed by atoms with van der Waals surface area (Å²) in [5.41, 5.74) is 1.23. The van der Waals surface area contributed by atoms with Gasteiger partial charge in [0.05, 0.1) is 7.11 Å². The number of rotatable bonds is 3. The molecule has 0 aliphatic heterocycles. The zero-order chi connectivity index (χ0) is 8.81. The van der Waals surface area contributed by atoms with Crippen LogP contribution in [0.4, 0.5) is 0 Å². The molecule has 1 aromatic carbocycles. The van der Waals surface area contributed by atoms with Crippen LogP contribution in [0.3, 0.4) is 0 Å². The van der Waals surface area contributed by atoms with Crippen LogP contribution >= 0.6 is 0 Å². The molecule has 0 unspecified atom stereocenters. The molecule has 62 valence electrons. The molecule has 0 atom stereocenters. The first-order valence-electron chi connectivity index (χ1n) is 3.93. The standard InChI is InChI=1S/C11H12O/c1-3-4-6-10-7-5-8-11(9-10)12-2/h1,5,7-9H,4,6H2,2H3. The topological polar surface area (TPSA) is 9.23 Å². The summed E-state index contributed by atoms with van der Waals surface area (Å²) in [6.07, 6.45) is 6.87. The Morgan fingerprint density at radius 2 is 2.33 bits per heavy atom. The maximum Gasteiger partial charge on any atom is 0.119 e. The molecule has 0 saturated carbocycles. The van der Waals surface area contributed by atoms with Crippen molar-refractivity contribution in [2.75, 3.05) is 7.11 Å². The minimum atomic E-state index is 0.785. The number of ether oxygens (including phenoxy) is 1. The molecule has 0 fully saturated rings. The lowest BCUT2D eigenvalue weighted by atomic mass is 10.1. The van der Waals surface area contributed by atoms with Crippen LogP contribution in [0.1, 0.15) is 12.0 Å². The molecule has 0 radical (unpaired) electrons. The summed E-state index contributed by atoms with van der Waals surface area (Å²) in [6.45, 7) is 0. The van der Waals surface area contributed by atoms with Crippen LogP contribution in [-0.4, -0.2) is 7.11 Å². The quantitative estimate of drug-likeness (QED) is 0.616. The summed E-state index contributed by atoms with van der Waals surface area (Å²) >= 11 is 0. The Labute approximate surface area is 73.4 Å². The Morgan fingerprint density at radius 1 is 1.50 bits per heavy atom. The van der Waals surface area contributed by atoms with Crippen LogP contribution in [0.25, 0.3) is 0 Å². The molecular formula is C11H12O. The number of hydrogen-bond donors (Lipinski definition) is 0. The lowest BCUT2D eigenvalue weighted by molar-refractivity contribution is 0.414. The van der Waals surface area contributed by atoms with Gasteiger partial charge in [-0.25, -0.2) is 0 Å². The smallest absolute Gasteiger partial charge is 0.119 e. The summed E-state index contributed by atoms with van der Waals surface area (Å²) < 4.78 is 5.08. The van der Waals surface area contributed by atoms with Crippen LogP contribution in [-0.2, 0) is 6.42 Å². The van der Waals surface area contributed by atoms with Crippen molar-refractivity contribution < 1.29 is 4.74 Å². The van der Waals surface area contributed by atoms with Gasteiger partial charge in [-0.3, -0.25) is 0 Å². The predicted octanol–water partition coefficient (Wildman–Crippen LogP) is 2.26. The van der Waals surface area contributed by atoms with Crippen molar-refractivity contribution in [2.45, 2.75) is 12.8 Å². The van der Waals surface area contributed by atoms with Crippen molar-refractivity contribution in [2.24, 2.45) is 0 Å². The molecule has 12 heavy (non-hydrogen) atoms. The second-order valence-electron chi connectivity index (χ2n) is 2.56. The van der Waals surface area contributed by atoms with Crippen LogP contribution in [0.5, 0.6) is 5.75 Å². The fourth-order valence-electron chi connectivity index (χ4n) is 1.04. The molecule has 0 bridgehead atoms. The SMILES string of the molecule is C#CCCc1cccc(OC)c1. The highest BCUT2D eigenvalue weighted by Crippen LogP contribution is 2.13. The third-order valence-corrected chi connectivity index (χ3v) is 1.69. The van der Waals surface area contributed by atoms with E-state index in [2.05, 4.69) is 12.0 Å². The molecule has 1 heteroatoms. The second-order valence-corrected chi connectivity index (χ2v) is 2.56. The number of aryl methyl sites for hydroxylation is 1. The number of terminal acetylenes is 1. The van der Waals surface area contributed by atoms with E-state index in [0.29, 0.717) is 0 Å². The zero-order valence-electron chi connectivity index (χ0n) is 7.21. The average Bonchev–Trinajstić information content (AvgIpc) is 2.15. The van der Waals surface area contributed by atoms with E-state index in [1.807, 2.05) is 18.2 Å². The second kappa shape index (κ2) is 4.46. The molecule has 0 aliphatic carbocycles. The van der Waals surface area contributed by atoms with Gasteiger partial charge in [0.15, 0.2) is 0 Å². The monoisotopic (exact) mass is 160 g/mol. The first-order chi connectivity index (χ1) is 5.86. The number of hydrogen-bond acceptors (Lipinski definition) is 1. The largest absolute Gasteiger partial charge is 0.497 e. The summed E-state index contributed by atoms with van der Waals surface area (Å²) in [7, 11) is 1.67. The van der Waals surface area contributed by atoms with Crippen molar-refractivity contribution in [1.29, 1.82) is 0 Å². The maximum absolute atomic E-state index is 5.17. The summed E-state index contributed by atoms with van der Waals surface area (Å²) in [5.74, 6) is 3.51. The van der Waals surface area contributed by atoms with E-state index >= 15 is 0 Å². The summed E-state index contributed by atoms with van der Waals surface area (Å²) in [5, 5.41) is 0. The van der Waals surface area contributed by atoms with Crippen LogP contribution < -0.4 is 4.74 Å². The highest BCUT2D eigenvalue weighted by molar-refractivity contribution is 5.28. The molecule has 0 spiro atoms. The van der Waals surface area contributed by atoms with E-state index in [9.17, 15) is 0 Å². The Hall–Kier alpha value is -1.42. The van der Waals surface area contributed by atoms with E-state index in [1.165, 1.54) is 5.56 Å². The fraction of sp³-hybridized carbons (Fsp3) is 0.273. The first-order valence-corrected chi connectivity index (χ1v) is 3.93. The third kappa shape index (κ3) is 2.32. The molecule has 1 nitrogen and oxygen atoms in total. The predicted molar refractivity (Wildman–Crippen MR) is 50.1 cm³/mol. The Kier molecular flexibility index (Phi) is 3.22. The van der Waals surface area contributed by atoms with Crippen molar-refractivity contribution in [1.82, 2.24) is 0 Å². The molecule has 0 heterocycles. The van der Waals surface area contributed by atoms with Crippen molar-refractivity contribution in [3.8, 4) is 18.1 Å². The van der Waals surface area contributed by atoms with Gasteiger partial charge in [-0.2, -0.15) is 0 Å². The van der Waals surface area contributed by atoms with E-state index in [4.69, 9.17) is 11.2 Å². The molecular weight excluding hydrogens is 148 g/mol. The molecule has 1 rings (SSSR count). The highest BCUT2D eigenvalue weighted by Gasteiger charge is 1.93. The Morgan fingerprint density at radius 3 is 3.00 bits per heavy atom. The molecule has 0 aromatic heterocycles. The molecule has 0 saturated heterocycles. The maximum atomic E-state index is 5.17. The Bertz CT molecular complexity index is 283. The zero-order valence-corrected chi connectivity index (χ0v) is 7.21. The minimum absolute atomic E-state index is 0.785. The third-order valence-electron chi connectivity index (χ3n) is 1.69. The van der Waals surface area contributed by atoms with E-state index in [1.54, 1.807) is 7.11 Å². The van der Waals surface area contributed by atoms with Crippen LogP contribution in [0, 0.1) is 12.3 Å². The minimum Gasteiger partial charge on any atom is -0.497 e. The first kappa shape index (κ1) is 8.67. The van der Waals surface area contributed by atoms with Gasteiger partial charge in [-0.1, -0.05) is 12.1 Å². The number of benzene rings is 1. The van der Waals surface area contributed by atoms with E-state index < -0.39 is 0 Å². The van der Waals surface area contributed by atoms with Crippen molar-refractivity contribution in [3.63, 3.8) is 0 Å². The average molecular weight is 160 g/mol. The lowest BCUT2D eigenvalue weighted by Gasteiger charge is -2.01. The fourth-order valence-corrected chi connectivity index (χ4v) is 1.04. The number of methoxy groups -OCH3 is 1. The molecule has 0 aliphatic rings. The molecule has 1 aromatic rings. The van der Waals surface area contributed by atoms with Crippen molar-refractivity contribution in [3.05, 3.63) is 29.8 Å². The van der Waals surface area contributed by atoms with Crippen LogP contribution in [0.15, 0.2) is 24.3 Å². The summed E-state index contributed by atoms with van der Waals surface area (Å²) in [6, 6.07) is 7.97. The molecule has 0 amide bonds. The summed E-state index contributed by atoms with van der Waals surface area (Å²) in [4.78, 5) is 0. The molecule has 0 N–H and O–H groups in total. The normalized spacial score (nSPS) is 9.00. The van der Waals surface area contributed by atoms with Gasteiger partial charge in [0.1, 0.15) is 5.75 Å². The highest BCUT2D eigenvalue weighted by atomic mass is 16.5. The van der Waals surface area contributed by atoms with Crippen LogP contribution in [0.2, 0.25) is 0 Å². The van der Waals surface area contributed by atoms with Gasteiger partial charge in [0.25, 0.3) is 0 Å². The van der Waals surface area contributed by atoms with Gasteiger partial charge < -0.3 is 4.74 Å². The van der Waals surface area contributed by atoms with Gasteiger partial charge in [0, 0.05) is 6.42 Å². The van der Waals surface area contributed by atoms with E-state index in [0.717, 1.165) is 18.6 Å². The van der Waals surface area contributed by atoms with E-state index in [-0.39, 0.29) is 0 Å².